The molecule has 0 unspecified atom stereocenters. The Hall–Kier alpha value is -2.19. The zero-order chi connectivity index (χ0) is 45.1. The Morgan fingerprint density at radius 2 is 1.02 bits per heavy atom. The molecule has 0 aliphatic carbocycles. The van der Waals surface area contributed by atoms with E-state index in [9.17, 15) is 24.0 Å². The van der Waals surface area contributed by atoms with E-state index in [-0.39, 0.29) is 74.5 Å². The monoisotopic (exact) mass is 898 g/mol. The van der Waals surface area contributed by atoms with Crippen LogP contribution in [0.1, 0.15) is 106 Å². The molecule has 352 valence electrons. The highest BCUT2D eigenvalue weighted by Gasteiger charge is 2.35. The number of carbonyl (C=O) groups is 5. The van der Waals surface area contributed by atoms with Crippen LogP contribution >= 0.6 is 21.6 Å². The molecule has 0 radical (unpaired) electrons. The summed E-state index contributed by atoms with van der Waals surface area (Å²) in [4.78, 5) is 65.1. The third kappa shape index (κ3) is 34.4. The van der Waals surface area contributed by atoms with Crippen molar-refractivity contribution in [1.82, 2.24) is 10.6 Å². The maximum absolute atomic E-state index is 13.5. The smallest absolute Gasteiger partial charge is 0.329 e. The van der Waals surface area contributed by atoms with Crippen molar-refractivity contribution < 1.29 is 66.6 Å². The molecular formula is C42H78N2O14S2. The molecule has 0 heterocycles. The van der Waals surface area contributed by atoms with Crippen molar-refractivity contribution in [2.45, 2.75) is 124 Å². The number of carbonyl (C=O) groups excluding carboxylic acids is 5. The number of unbranched alkanes of at least 4 members (excludes halogenated alkanes) is 4. The SMILES string of the molecule is CCCCCCCC(=O)OC(C)(C)CC(C)(C)CC(=O)N[C@@H](CSSC[C@H](NC(=O)CC(C)C)C(=O)OCCOCCOCCOC)C(=O)OCCOCCOCCOC. The van der Waals surface area contributed by atoms with Gasteiger partial charge >= 0.3 is 17.9 Å². The Bertz CT molecular complexity index is 1160. The minimum atomic E-state index is -1.03. The molecular weight excluding hydrogens is 821 g/mol. The molecule has 0 aromatic heterocycles. The van der Waals surface area contributed by atoms with Gasteiger partial charge < -0.3 is 53.3 Å². The van der Waals surface area contributed by atoms with Crippen LogP contribution in [0.15, 0.2) is 0 Å². The average molecular weight is 899 g/mol. The van der Waals surface area contributed by atoms with E-state index in [2.05, 4.69) is 17.6 Å². The van der Waals surface area contributed by atoms with Crippen molar-refractivity contribution in [3.05, 3.63) is 0 Å². The lowest BCUT2D eigenvalue weighted by atomic mass is 9.79. The fourth-order valence-corrected chi connectivity index (χ4v) is 8.19. The number of amides is 2. The van der Waals surface area contributed by atoms with E-state index in [4.69, 9.17) is 42.6 Å². The van der Waals surface area contributed by atoms with E-state index >= 15 is 0 Å². The molecule has 0 aromatic carbocycles. The van der Waals surface area contributed by atoms with Gasteiger partial charge in [-0.05, 0) is 38.0 Å². The van der Waals surface area contributed by atoms with E-state index in [0.29, 0.717) is 65.7 Å². The minimum Gasteiger partial charge on any atom is -0.462 e. The molecule has 2 atom stereocenters. The van der Waals surface area contributed by atoms with E-state index in [0.717, 1.165) is 32.1 Å². The maximum atomic E-state index is 13.5. The van der Waals surface area contributed by atoms with Crippen LogP contribution in [0.5, 0.6) is 0 Å². The van der Waals surface area contributed by atoms with Crippen LogP contribution in [0, 0.1) is 11.3 Å². The summed E-state index contributed by atoms with van der Waals surface area (Å²) in [5.41, 5.74) is -1.40. The van der Waals surface area contributed by atoms with E-state index in [1.807, 2.05) is 41.5 Å². The Kier molecular flexibility index (Phi) is 35.0. The lowest BCUT2D eigenvalue weighted by Gasteiger charge is -2.34. The van der Waals surface area contributed by atoms with Crippen molar-refractivity contribution in [2.24, 2.45) is 11.3 Å². The van der Waals surface area contributed by atoms with Crippen LogP contribution in [0.2, 0.25) is 0 Å². The molecule has 0 saturated carbocycles. The molecule has 60 heavy (non-hydrogen) atoms. The highest BCUT2D eigenvalue weighted by Crippen LogP contribution is 2.34. The summed E-state index contributed by atoms with van der Waals surface area (Å²) in [6.07, 6.45) is 6.19. The minimum absolute atomic E-state index is 0.00907. The van der Waals surface area contributed by atoms with E-state index < -0.39 is 35.0 Å². The molecule has 0 aromatic rings. The number of esters is 3. The standard InChI is InChI=1S/C42H78N2O14S2/c1-10-11-12-13-14-15-38(47)58-42(6,7)32-41(4,5)29-37(46)44-35(40(49)57-27-25-55-23-21-53-19-17-51-9)31-60-59-30-34(43-36(45)28-33(2)3)39(48)56-26-24-54-22-20-52-18-16-50-8/h33-35H,10-32H2,1-9H3,(H,43,45)(H,44,46)/t34-,35-/m0/s1. The first-order valence-corrected chi connectivity index (χ1v) is 23.7. The molecule has 0 saturated heterocycles. The first kappa shape index (κ1) is 57.8. The van der Waals surface area contributed by atoms with Crippen LogP contribution in [0.3, 0.4) is 0 Å². The fraction of sp³-hybridized carbons (Fsp3) is 0.881. The molecule has 0 bridgehead atoms. The number of rotatable bonds is 40. The molecule has 0 fully saturated rings. The van der Waals surface area contributed by atoms with Gasteiger partial charge in [0.25, 0.3) is 0 Å². The molecule has 16 nitrogen and oxygen atoms in total. The topological polar surface area (TPSA) is 192 Å². The Balaban J connectivity index is 5.43. The van der Waals surface area contributed by atoms with Crippen LogP contribution < -0.4 is 10.6 Å². The van der Waals surface area contributed by atoms with Crippen LogP contribution in [-0.4, -0.2) is 152 Å². The summed E-state index contributed by atoms with van der Waals surface area (Å²) < 4.78 is 48.3. The van der Waals surface area contributed by atoms with E-state index in [1.54, 1.807) is 14.2 Å². The normalized spacial score (nSPS) is 12.8. The van der Waals surface area contributed by atoms with Crippen LogP contribution in [0.4, 0.5) is 0 Å². The third-order valence-electron chi connectivity index (χ3n) is 8.36. The van der Waals surface area contributed by atoms with Gasteiger partial charge in [0.05, 0.1) is 66.1 Å². The first-order chi connectivity index (χ1) is 28.6. The van der Waals surface area contributed by atoms with E-state index in [1.165, 1.54) is 21.6 Å². The van der Waals surface area contributed by atoms with Gasteiger partial charge in [0, 0.05) is 45.0 Å². The Morgan fingerprint density at radius 1 is 0.583 bits per heavy atom. The van der Waals surface area contributed by atoms with Gasteiger partial charge in [0.1, 0.15) is 30.9 Å². The summed E-state index contributed by atoms with van der Waals surface area (Å²) in [6.45, 7) is 16.9. The fourth-order valence-electron chi connectivity index (χ4n) is 5.89. The van der Waals surface area contributed by atoms with Gasteiger partial charge in [-0.1, -0.05) is 81.9 Å². The Morgan fingerprint density at radius 3 is 1.47 bits per heavy atom. The van der Waals surface area contributed by atoms with Crippen molar-refractivity contribution in [3.8, 4) is 0 Å². The quantitative estimate of drug-likeness (QED) is 0.0347. The summed E-state index contributed by atoms with van der Waals surface area (Å²) in [7, 11) is 5.67. The highest BCUT2D eigenvalue weighted by atomic mass is 33.1. The molecule has 18 heteroatoms. The van der Waals surface area contributed by atoms with Gasteiger partial charge in [-0.3, -0.25) is 14.4 Å². The zero-order valence-electron chi connectivity index (χ0n) is 38.0. The number of hydrogen-bond acceptors (Lipinski definition) is 16. The number of ether oxygens (including phenoxy) is 9. The number of methoxy groups -OCH3 is 2. The second kappa shape index (κ2) is 36.3. The third-order valence-corrected chi connectivity index (χ3v) is 10.8. The summed E-state index contributed by atoms with van der Waals surface area (Å²) in [6, 6.07) is -1.99. The molecule has 2 amide bonds. The van der Waals surface area contributed by atoms with Crippen molar-refractivity contribution in [3.63, 3.8) is 0 Å². The van der Waals surface area contributed by atoms with Crippen LogP contribution in [-0.2, 0) is 66.6 Å². The largest absolute Gasteiger partial charge is 0.462 e. The number of nitrogens with one attached hydrogen (secondary N) is 2. The van der Waals surface area contributed by atoms with Gasteiger partial charge in [0.15, 0.2) is 0 Å². The van der Waals surface area contributed by atoms with Gasteiger partial charge in [-0.2, -0.15) is 0 Å². The first-order valence-electron chi connectivity index (χ1n) is 21.2. The van der Waals surface area contributed by atoms with Crippen molar-refractivity contribution >= 4 is 51.3 Å². The second-order valence-corrected chi connectivity index (χ2v) is 18.6. The van der Waals surface area contributed by atoms with Crippen LogP contribution in [0.25, 0.3) is 0 Å². The van der Waals surface area contributed by atoms with Gasteiger partial charge in [-0.25, -0.2) is 9.59 Å². The summed E-state index contributed by atoms with van der Waals surface area (Å²) >= 11 is 0. The Labute approximate surface area is 367 Å². The zero-order valence-corrected chi connectivity index (χ0v) is 39.7. The predicted octanol–water partition coefficient (Wildman–Crippen LogP) is 5.32. The van der Waals surface area contributed by atoms with Gasteiger partial charge in [0.2, 0.25) is 11.8 Å². The number of hydrogen-bond donors (Lipinski definition) is 2. The highest BCUT2D eigenvalue weighted by molar-refractivity contribution is 8.76. The van der Waals surface area contributed by atoms with Crippen molar-refractivity contribution in [1.29, 1.82) is 0 Å². The molecule has 0 aliphatic rings. The molecule has 0 rings (SSSR count). The van der Waals surface area contributed by atoms with Crippen molar-refractivity contribution in [2.75, 3.05) is 105 Å². The predicted molar refractivity (Wildman–Crippen MR) is 234 cm³/mol. The molecule has 0 spiro atoms. The maximum Gasteiger partial charge on any atom is 0.329 e. The molecule has 2 N–H and O–H groups in total. The average Bonchev–Trinajstić information content (AvgIpc) is 3.15. The summed E-state index contributed by atoms with van der Waals surface area (Å²) in [5, 5.41) is 5.59. The molecule has 0 aliphatic heterocycles. The second-order valence-electron chi connectivity index (χ2n) is 16.1. The lowest BCUT2D eigenvalue weighted by Crippen LogP contribution is -2.46. The summed E-state index contributed by atoms with van der Waals surface area (Å²) in [5.74, 6) is -1.86. The van der Waals surface area contributed by atoms with Gasteiger partial charge in [-0.15, -0.1) is 0 Å². The lowest BCUT2D eigenvalue weighted by molar-refractivity contribution is -0.159.